The Morgan fingerprint density at radius 3 is 2.88 bits per heavy atom. The van der Waals surface area contributed by atoms with Crippen LogP contribution in [-0.4, -0.2) is 62.3 Å². The Hall–Kier alpha value is -1.59. The number of fused-ring (bicyclic) bond motifs is 1. The van der Waals surface area contributed by atoms with Crippen LogP contribution in [0, 0.1) is 0 Å². The Morgan fingerprint density at radius 1 is 1.25 bits per heavy atom. The van der Waals surface area contributed by atoms with Crippen LogP contribution < -0.4 is 5.32 Å². The minimum absolute atomic E-state index is 0.00681. The molecule has 0 unspecified atom stereocenters. The van der Waals surface area contributed by atoms with E-state index >= 15 is 0 Å². The van der Waals surface area contributed by atoms with Gasteiger partial charge in [-0.2, -0.15) is 0 Å². The highest BCUT2D eigenvalue weighted by Crippen LogP contribution is 2.29. The first-order valence-corrected chi connectivity index (χ1v) is 9.06. The lowest BCUT2D eigenvalue weighted by molar-refractivity contribution is 0.0820. The highest BCUT2D eigenvalue weighted by molar-refractivity contribution is 5.90. The molecule has 0 bridgehead atoms. The van der Waals surface area contributed by atoms with Gasteiger partial charge in [0.25, 0.3) is 0 Å². The fourth-order valence-electron chi connectivity index (χ4n) is 3.56. The summed E-state index contributed by atoms with van der Waals surface area (Å²) in [4.78, 5) is 16.9. The summed E-state index contributed by atoms with van der Waals surface area (Å²) in [6.45, 7) is 3.06. The van der Waals surface area contributed by atoms with Crippen molar-refractivity contribution in [3.05, 3.63) is 29.3 Å². The number of likely N-dealkylation sites (N-methyl/N-ethyl adjacent to an activating group) is 1. The fraction of sp³-hybridized carbons (Fsp3) is 0.632. The molecule has 1 aromatic carbocycles. The third-order valence-electron chi connectivity index (χ3n) is 4.94. The third-order valence-corrected chi connectivity index (χ3v) is 4.94. The maximum absolute atomic E-state index is 12.9. The van der Waals surface area contributed by atoms with Gasteiger partial charge < -0.3 is 19.9 Å². The van der Waals surface area contributed by atoms with E-state index in [4.69, 9.17) is 4.74 Å². The van der Waals surface area contributed by atoms with Crippen molar-refractivity contribution in [1.29, 1.82) is 0 Å². The molecular weight excluding hydrogens is 302 g/mol. The van der Waals surface area contributed by atoms with Crippen molar-refractivity contribution in [2.75, 3.05) is 45.7 Å². The van der Waals surface area contributed by atoms with Crippen LogP contribution in [-0.2, 0) is 17.6 Å². The number of hydrogen-bond donors (Lipinski definition) is 1. The van der Waals surface area contributed by atoms with Crippen LogP contribution in [0.4, 0.5) is 10.5 Å². The van der Waals surface area contributed by atoms with Crippen LogP contribution in [0.15, 0.2) is 18.2 Å². The zero-order valence-corrected chi connectivity index (χ0v) is 14.9. The number of rotatable bonds is 6. The molecule has 1 heterocycles. The molecule has 0 spiro atoms. The summed E-state index contributed by atoms with van der Waals surface area (Å²) in [7, 11) is 4.07. The van der Waals surface area contributed by atoms with E-state index in [-0.39, 0.29) is 12.1 Å². The predicted molar refractivity (Wildman–Crippen MR) is 96.6 cm³/mol. The zero-order chi connectivity index (χ0) is 16.9. The third kappa shape index (κ3) is 4.28. The Morgan fingerprint density at radius 2 is 2.12 bits per heavy atom. The number of ether oxygens (including phenoxy) is 1. The number of hydrogen-bond acceptors (Lipinski definition) is 3. The fourth-order valence-corrected chi connectivity index (χ4v) is 3.56. The van der Waals surface area contributed by atoms with Crippen molar-refractivity contribution in [3.63, 3.8) is 0 Å². The van der Waals surface area contributed by atoms with E-state index in [1.54, 1.807) is 0 Å². The molecule has 1 saturated heterocycles. The maximum atomic E-state index is 12.9. The van der Waals surface area contributed by atoms with E-state index in [9.17, 15) is 4.79 Å². The number of amides is 2. The average Bonchev–Trinajstić information content (AvgIpc) is 3.22. The second-order valence-corrected chi connectivity index (χ2v) is 7.11. The van der Waals surface area contributed by atoms with E-state index in [1.807, 2.05) is 31.1 Å². The standard InChI is InChI=1S/C19H29N3O2/c1-21(2)11-12-22(14-16-8-5-13-24-16)19(23)20-18-10-4-7-15-6-3-9-17(15)18/h4,7,10,16H,3,5-6,8-9,11-14H2,1-2H3,(H,20,23)/t16-/m1/s1. The number of aryl methyl sites for hydroxylation is 1. The molecule has 5 nitrogen and oxygen atoms in total. The number of benzene rings is 1. The lowest BCUT2D eigenvalue weighted by atomic mass is 10.1. The second-order valence-electron chi connectivity index (χ2n) is 7.11. The van der Waals surface area contributed by atoms with Gasteiger partial charge in [0.05, 0.1) is 6.10 Å². The molecular formula is C19H29N3O2. The first kappa shape index (κ1) is 17.2. The SMILES string of the molecule is CN(C)CCN(C[C@H]1CCCO1)C(=O)Nc1cccc2c1CCC2. The molecule has 1 N–H and O–H groups in total. The van der Waals surface area contributed by atoms with E-state index in [2.05, 4.69) is 16.3 Å². The number of carbonyl (C=O) groups excluding carboxylic acids is 1. The van der Waals surface area contributed by atoms with Gasteiger partial charge in [-0.25, -0.2) is 4.79 Å². The van der Waals surface area contributed by atoms with Crippen LogP contribution in [0.1, 0.15) is 30.4 Å². The molecule has 1 aromatic rings. The van der Waals surface area contributed by atoms with Gasteiger partial charge in [-0.05, 0) is 63.4 Å². The van der Waals surface area contributed by atoms with Crippen LogP contribution in [0.2, 0.25) is 0 Å². The number of urea groups is 1. The molecule has 1 fully saturated rings. The summed E-state index contributed by atoms with van der Waals surface area (Å²) < 4.78 is 5.73. The Bertz CT molecular complexity index is 568. The normalized spacial score (nSPS) is 19.5. The Labute approximate surface area is 145 Å². The second kappa shape index (κ2) is 7.99. The maximum Gasteiger partial charge on any atom is 0.321 e. The number of nitrogens with one attached hydrogen (secondary N) is 1. The Balaban J connectivity index is 1.67. The van der Waals surface area contributed by atoms with Gasteiger partial charge in [0.2, 0.25) is 0 Å². The van der Waals surface area contributed by atoms with Crippen LogP contribution in [0.25, 0.3) is 0 Å². The molecule has 132 valence electrons. The van der Waals surface area contributed by atoms with Crippen LogP contribution in [0.3, 0.4) is 0 Å². The summed E-state index contributed by atoms with van der Waals surface area (Å²) in [5, 5.41) is 3.15. The molecule has 0 aromatic heterocycles. The largest absolute Gasteiger partial charge is 0.376 e. The van der Waals surface area contributed by atoms with Crippen molar-refractivity contribution in [2.45, 2.75) is 38.2 Å². The summed E-state index contributed by atoms with van der Waals surface area (Å²) in [5.74, 6) is 0. The highest BCUT2D eigenvalue weighted by Gasteiger charge is 2.24. The molecule has 5 heteroatoms. The highest BCUT2D eigenvalue weighted by atomic mass is 16.5. The van der Waals surface area contributed by atoms with Crippen molar-refractivity contribution in [3.8, 4) is 0 Å². The topological polar surface area (TPSA) is 44.8 Å². The molecule has 1 atom stereocenters. The zero-order valence-electron chi connectivity index (χ0n) is 14.9. The minimum Gasteiger partial charge on any atom is -0.376 e. The first-order valence-electron chi connectivity index (χ1n) is 9.06. The number of anilines is 1. The summed E-state index contributed by atoms with van der Waals surface area (Å²) in [6.07, 6.45) is 5.70. The molecule has 1 aliphatic heterocycles. The van der Waals surface area contributed by atoms with E-state index in [0.29, 0.717) is 13.1 Å². The van der Waals surface area contributed by atoms with Crippen molar-refractivity contribution >= 4 is 11.7 Å². The number of carbonyl (C=O) groups is 1. The lowest BCUT2D eigenvalue weighted by Gasteiger charge is -2.27. The van der Waals surface area contributed by atoms with Crippen LogP contribution in [0.5, 0.6) is 0 Å². The lowest BCUT2D eigenvalue weighted by Crippen LogP contribution is -2.43. The quantitative estimate of drug-likeness (QED) is 0.872. The molecule has 0 radical (unpaired) electrons. The molecule has 2 aliphatic rings. The summed E-state index contributed by atoms with van der Waals surface area (Å²) >= 11 is 0. The monoisotopic (exact) mass is 331 g/mol. The van der Waals surface area contributed by atoms with Crippen molar-refractivity contribution in [1.82, 2.24) is 9.80 Å². The van der Waals surface area contributed by atoms with E-state index < -0.39 is 0 Å². The first-order chi connectivity index (χ1) is 11.6. The van der Waals surface area contributed by atoms with Gasteiger partial charge in [-0.15, -0.1) is 0 Å². The molecule has 3 rings (SSSR count). The molecule has 0 saturated carbocycles. The average molecular weight is 331 g/mol. The van der Waals surface area contributed by atoms with Crippen molar-refractivity contribution in [2.24, 2.45) is 0 Å². The van der Waals surface area contributed by atoms with E-state index in [1.165, 1.54) is 17.5 Å². The van der Waals surface area contributed by atoms with E-state index in [0.717, 1.165) is 44.5 Å². The summed E-state index contributed by atoms with van der Waals surface area (Å²) in [6, 6.07) is 6.24. The molecule has 24 heavy (non-hydrogen) atoms. The van der Waals surface area contributed by atoms with Gasteiger partial charge in [0, 0.05) is 31.9 Å². The van der Waals surface area contributed by atoms with Gasteiger partial charge in [0.1, 0.15) is 0 Å². The molecule has 1 aliphatic carbocycles. The summed E-state index contributed by atoms with van der Waals surface area (Å²) in [5.41, 5.74) is 3.68. The van der Waals surface area contributed by atoms with Crippen molar-refractivity contribution < 1.29 is 9.53 Å². The van der Waals surface area contributed by atoms with Gasteiger partial charge in [-0.3, -0.25) is 0 Å². The van der Waals surface area contributed by atoms with Gasteiger partial charge >= 0.3 is 6.03 Å². The van der Waals surface area contributed by atoms with Gasteiger partial charge in [0.15, 0.2) is 0 Å². The minimum atomic E-state index is -0.00681. The van der Waals surface area contributed by atoms with Crippen LogP contribution >= 0.6 is 0 Å². The Kier molecular flexibility index (Phi) is 5.74. The predicted octanol–water partition coefficient (Wildman–Crippen LogP) is 2.75. The molecule has 2 amide bonds. The van der Waals surface area contributed by atoms with Gasteiger partial charge in [-0.1, -0.05) is 12.1 Å². The smallest absolute Gasteiger partial charge is 0.321 e. The number of nitrogens with zero attached hydrogens (tertiary/aromatic N) is 2.